The molecule has 2 amide bonds. The largest absolute Gasteiger partial charge is 0.493 e. The number of amides is 2. The number of benzene rings is 2. The summed E-state index contributed by atoms with van der Waals surface area (Å²) in [6, 6.07) is 11.9. The maximum absolute atomic E-state index is 13.4. The van der Waals surface area contributed by atoms with Crippen LogP contribution in [0.3, 0.4) is 0 Å². The van der Waals surface area contributed by atoms with Gasteiger partial charge in [0.1, 0.15) is 0 Å². The van der Waals surface area contributed by atoms with Crippen molar-refractivity contribution in [3.63, 3.8) is 0 Å². The van der Waals surface area contributed by atoms with E-state index in [0.29, 0.717) is 54.3 Å². The molecule has 2 aromatic rings. The highest BCUT2D eigenvalue weighted by atomic mass is 16.5. The molecule has 1 fully saturated rings. The van der Waals surface area contributed by atoms with E-state index in [-0.39, 0.29) is 17.9 Å². The lowest BCUT2D eigenvalue weighted by molar-refractivity contribution is -0.137. The number of ether oxygens (including phenoxy) is 3. The summed E-state index contributed by atoms with van der Waals surface area (Å²) in [6.45, 7) is 4.71. The summed E-state index contributed by atoms with van der Waals surface area (Å²) >= 11 is 0. The molecule has 2 aliphatic rings. The lowest BCUT2D eigenvalue weighted by Gasteiger charge is -2.35. The Balaban J connectivity index is 1.49. The number of piperidine rings is 1. The van der Waals surface area contributed by atoms with Crippen LogP contribution in [0.1, 0.15) is 53.0 Å². The van der Waals surface area contributed by atoms with Gasteiger partial charge in [0.05, 0.1) is 44.1 Å². The number of rotatable bonds is 6. The zero-order chi connectivity index (χ0) is 26.0. The molecule has 0 N–H and O–H groups in total. The van der Waals surface area contributed by atoms with Crippen LogP contribution in [0.25, 0.3) is 0 Å². The summed E-state index contributed by atoms with van der Waals surface area (Å²) < 4.78 is 15.5. The molecular weight excluding hydrogens is 462 g/mol. The van der Waals surface area contributed by atoms with Crippen molar-refractivity contribution < 1.29 is 28.6 Å². The summed E-state index contributed by atoms with van der Waals surface area (Å²) in [5, 5.41) is 6.35. The molecule has 9 heteroatoms. The van der Waals surface area contributed by atoms with Crippen LogP contribution in [0.15, 0.2) is 47.6 Å². The van der Waals surface area contributed by atoms with Gasteiger partial charge >= 0.3 is 5.97 Å². The molecule has 4 rings (SSSR count). The molecule has 0 unspecified atom stereocenters. The van der Waals surface area contributed by atoms with Gasteiger partial charge < -0.3 is 19.1 Å². The number of methoxy groups -OCH3 is 3. The Hall–Kier alpha value is -3.88. The number of likely N-dealkylation sites (tertiary alicyclic amines) is 1. The van der Waals surface area contributed by atoms with Crippen LogP contribution in [0.2, 0.25) is 0 Å². The normalized spacial score (nSPS) is 17.6. The van der Waals surface area contributed by atoms with Crippen LogP contribution >= 0.6 is 0 Å². The van der Waals surface area contributed by atoms with Crippen molar-refractivity contribution in [3.8, 4) is 11.5 Å². The van der Waals surface area contributed by atoms with E-state index in [1.807, 2.05) is 26.0 Å². The summed E-state index contributed by atoms with van der Waals surface area (Å²) in [5.41, 5.74) is 1.43. The molecule has 0 atom stereocenters. The lowest BCUT2D eigenvalue weighted by Crippen LogP contribution is -2.47. The first-order valence-electron chi connectivity index (χ1n) is 11.8. The number of carbonyl (C=O) groups is 3. The first-order chi connectivity index (χ1) is 17.2. The third-order valence-corrected chi connectivity index (χ3v) is 6.83. The van der Waals surface area contributed by atoms with Gasteiger partial charge in [-0.05, 0) is 63.1 Å². The van der Waals surface area contributed by atoms with Crippen LogP contribution in [-0.4, -0.2) is 73.9 Å². The van der Waals surface area contributed by atoms with E-state index in [4.69, 9.17) is 19.3 Å². The number of hydrogen-bond acceptors (Lipinski definition) is 7. The second kappa shape index (κ2) is 10.0. The maximum atomic E-state index is 13.4. The second-order valence-electron chi connectivity index (χ2n) is 9.39. The average molecular weight is 494 g/mol. The van der Waals surface area contributed by atoms with Gasteiger partial charge in [-0.3, -0.25) is 9.59 Å². The number of esters is 1. The maximum Gasteiger partial charge on any atom is 0.337 e. The molecule has 9 nitrogen and oxygen atoms in total. The monoisotopic (exact) mass is 493 g/mol. The highest BCUT2D eigenvalue weighted by molar-refractivity contribution is 6.19. The zero-order valence-electron chi connectivity index (χ0n) is 21.2. The van der Waals surface area contributed by atoms with Crippen molar-refractivity contribution in [3.05, 3.63) is 59.2 Å². The van der Waals surface area contributed by atoms with E-state index < -0.39 is 11.4 Å². The van der Waals surface area contributed by atoms with E-state index >= 15 is 0 Å². The highest BCUT2D eigenvalue weighted by Gasteiger charge is 2.47. The minimum Gasteiger partial charge on any atom is -0.493 e. The lowest BCUT2D eigenvalue weighted by atomic mass is 9.83. The zero-order valence-corrected chi connectivity index (χ0v) is 21.2. The number of nitrogens with zero attached hydrogens (tertiary/aromatic N) is 3. The van der Waals surface area contributed by atoms with Gasteiger partial charge in [0.25, 0.3) is 11.8 Å². The van der Waals surface area contributed by atoms with Crippen molar-refractivity contribution in [2.75, 3.05) is 34.4 Å². The molecule has 0 radical (unpaired) electrons. The topological polar surface area (TPSA) is 97.7 Å². The fraction of sp³-hybridized carbons (Fsp3) is 0.407. The summed E-state index contributed by atoms with van der Waals surface area (Å²) in [5.74, 6) is 0.476. The average Bonchev–Trinajstić information content (AvgIpc) is 3.15. The third kappa shape index (κ3) is 4.53. The van der Waals surface area contributed by atoms with Crippen molar-refractivity contribution in [1.82, 2.24) is 9.91 Å². The minimum absolute atomic E-state index is 0.0668. The van der Waals surface area contributed by atoms with Gasteiger partial charge in [0, 0.05) is 24.2 Å². The van der Waals surface area contributed by atoms with Gasteiger partial charge in [-0.2, -0.15) is 5.10 Å². The summed E-state index contributed by atoms with van der Waals surface area (Å²) in [7, 11) is 4.45. The number of hydrogen-bond donors (Lipinski definition) is 0. The minimum atomic E-state index is -0.805. The Morgan fingerprint density at radius 1 is 0.944 bits per heavy atom. The Bertz CT molecular complexity index is 1210. The van der Waals surface area contributed by atoms with E-state index in [1.54, 1.807) is 54.5 Å². The van der Waals surface area contributed by atoms with Crippen molar-refractivity contribution in [2.24, 2.45) is 10.5 Å². The Labute approximate surface area is 210 Å². The van der Waals surface area contributed by atoms with Crippen LogP contribution in [0.5, 0.6) is 11.5 Å². The smallest absolute Gasteiger partial charge is 0.337 e. The van der Waals surface area contributed by atoms with Crippen molar-refractivity contribution in [1.29, 1.82) is 0 Å². The quantitative estimate of drug-likeness (QED) is 0.573. The highest BCUT2D eigenvalue weighted by Crippen LogP contribution is 2.37. The first-order valence-corrected chi connectivity index (χ1v) is 11.8. The first kappa shape index (κ1) is 25.2. The predicted molar refractivity (Wildman–Crippen MR) is 133 cm³/mol. The molecule has 36 heavy (non-hydrogen) atoms. The fourth-order valence-electron chi connectivity index (χ4n) is 4.71. The van der Waals surface area contributed by atoms with Gasteiger partial charge in [-0.1, -0.05) is 6.07 Å². The molecule has 0 saturated carbocycles. The predicted octanol–water partition coefficient (Wildman–Crippen LogP) is 3.37. The standard InChI is InChI=1S/C27H31N3O6/c1-27(2)23(17-9-10-21(34-3)22(16-17)35-4)28-30(26(27)33)20-11-13-29(14-12-20)24(31)18-7-6-8-19(15-18)25(32)36-5/h6-10,15-16,20H,11-14H2,1-5H3. The van der Waals surface area contributed by atoms with Crippen molar-refractivity contribution in [2.45, 2.75) is 32.7 Å². The molecule has 0 bridgehead atoms. The van der Waals surface area contributed by atoms with E-state index in [9.17, 15) is 14.4 Å². The van der Waals surface area contributed by atoms with Crippen LogP contribution in [0, 0.1) is 5.41 Å². The third-order valence-electron chi connectivity index (χ3n) is 6.83. The molecule has 0 spiro atoms. The molecular formula is C27H31N3O6. The Morgan fingerprint density at radius 2 is 1.61 bits per heavy atom. The fourth-order valence-corrected chi connectivity index (χ4v) is 4.71. The molecule has 0 aliphatic carbocycles. The van der Waals surface area contributed by atoms with Crippen LogP contribution in [-0.2, 0) is 9.53 Å². The summed E-state index contributed by atoms with van der Waals surface area (Å²) in [6.07, 6.45) is 1.21. The van der Waals surface area contributed by atoms with Crippen LogP contribution in [0.4, 0.5) is 0 Å². The van der Waals surface area contributed by atoms with E-state index in [1.165, 1.54) is 7.11 Å². The molecule has 190 valence electrons. The summed E-state index contributed by atoms with van der Waals surface area (Å²) in [4.78, 5) is 40.0. The van der Waals surface area contributed by atoms with Crippen molar-refractivity contribution >= 4 is 23.5 Å². The van der Waals surface area contributed by atoms with Gasteiger partial charge in [0.15, 0.2) is 11.5 Å². The second-order valence-corrected chi connectivity index (χ2v) is 9.39. The van der Waals surface area contributed by atoms with E-state index in [0.717, 1.165) is 5.56 Å². The molecule has 0 aromatic heterocycles. The van der Waals surface area contributed by atoms with Crippen LogP contribution < -0.4 is 9.47 Å². The van der Waals surface area contributed by atoms with Gasteiger partial charge in [-0.15, -0.1) is 0 Å². The van der Waals surface area contributed by atoms with E-state index in [2.05, 4.69) is 0 Å². The van der Waals surface area contributed by atoms with Gasteiger partial charge in [-0.25, -0.2) is 9.80 Å². The SMILES string of the molecule is COC(=O)c1cccc(C(=O)N2CCC(N3N=C(c4ccc(OC)c(OC)c4)C(C)(C)C3=O)CC2)c1. The molecule has 1 saturated heterocycles. The van der Waals surface area contributed by atoms with Gasteiger partial charge in [0.2, 0.25) is 0 Å². The number of carbonyl (C=O) groups excluding carboxylic acids is 3. The number of hydrazone groups is 1. The molecule has 2 heterocycles. The Kier molecular flexibility index (Phi) is 7.01. The Morgan fingerprint density at radius 3 is 2.25 bits per heavy atom. The molecule has 2 aliphatic heterocycles. The molecule has 2 aromatic carbocycles.